The number of aromatic nitrogens is 1. The first-order chi connectivity index (χ1) is 8.15. The Morgan fingerprint density at radius 3 is 2.65 bits per heavy atom. The topological polar surface area (TPSA) is 48.1 Å². The summed E-state index contributed by atoms with van der Waals surface area (Å²) < 4.78 is 30.9. The molecule has 1 heterocycles. The second-order valence-corrected chi connectivity index (χ2v) is 3.48. The highest BCUT2D eigenvalue weighted by Gasteiger charge is 2.03. The zero-order chi connectivity index (χ0) is 12.3. The molecule has 2 N–H and O–H groups in total. The molecule has 1 aromatic carbocycles. The van der Waals surface area contributed by atoms with Gasteiger partial charge in [0, 0.05) is 17.8 Å². The average molecular weight is 236 g/mol. The van der Waals surface area contributed by atoms with Gasteiger partial charge in [-0.3, -0.25) is 4.98 Å². The maximum Gasteiger partial charge on any atom is 0.142 e. The first-order valence-corrected chi connectivity index (χ1v) is 4.92. The van der Waals surface area contributed by atoms with Crippen molar-refractivity contribution in [3.63, 3.8) is 0 Å². The number of rotatable bonds is 3. The molecule has 2 rings (SSSR count). The van der Waals surface area contributed by atoms with Crippen LogP contribution in [0.2, 0.25) is 0 Å². The highest BCUT2D eigenvalue weighted by Crippen LogP contribution is 2.22. The number of nitrogens with two attached hydrogens (primary N) is 1. The molecule has 0 radical (unpaired) electrons. The van der Waals surface area contributed by atoms with Crippen LogP contribution in [-0.2, 0) is 6.61 Å². The zero-order valence-electron chi connectivity index (χ0n) is 8.86. The van der Waals surface area contributed by atoms with Gasteiger partial charge in [0.25, 0.3) is 0 Å². The van der Waals surface area contributed by atoms with Crippen molar-refractivity contribution in [3.8, 4) is 5.75 Å². The van der Waals surface area contributed by atoms with Gasteiger partial charge in [-0.25, -0.2) is 8.78 Å². The lowest BCUT2D eigenvalue weighted by atomic mass is 10.3. The normalized spacial score (nSPS) is 10.2. The lowest BCUT2D eigenvalue weighted by Gasteiger charge is -2.08. The van der Waals surface area contributed by atoms with Crippen LogP contribution in [0.5, 0.6) is 5.75 Å². The number of hydrogen-bond acceptors (Lipinski definition) is 3. The second kappa shape index (κ2) is 4.78. The van der Waals surface area contributed by atoms with Crippen molar-refractivity contribution in [1.29, 1.82) is 0 Å². The van der Waals surface area contributed by atoms with E-state index in [1.54, 1.807) is 0 Å². The Morgan fingerprint density at radius 1 is 1.12 bits per heavy atom. The Hall–Kier alpha value is -2.17. The van der Waals surface area contributed by atoms with Crippen LogP contribution >= 0.6 is 0 Å². The molecular formula is C12H10F2N2O. The molecule has 1 aromatic heterocycles. The molecule has 0 fully saturated rings. The smallest absolute Gasteiger partial charge is 0.142 e. The van der Waals surface area contributed by atoms with Crippen LogP contribution in [0.3, 0.4) is 0 Å². The highest BCUT2D eigenvalue weighted by molar-refractivity contribution is 5.52. The van der Waals surface area contributed by atoms with Crippen LogP contribution in [0.15, 0.2) is 36.7 Å². The third kappa shape index (κ3) is 2.90. The van der Waals surface area contributed by atoms with Crippen molar-refractivity contribution in [2.45, 2.75) is 6.61 Å². The van der Waals surface area contributed by atoms with E-state index in [2.05, 4.69) is 4.98 Å². The van der Waals surface area contributed by atoms with Crippen LogP contribution in [-0.4, -0.2) is 4.98 Å². The molecular weight excluding hydrogens is 226 g/mol. The number of nitrogen functional groups attached to an aromatic ring is 1. The van der Waals surface area contributed by atoms with E-state index in [1.165, 1.54) is 30.5 Å². The van der Waals surface area contributed by atoms with Crippen molar-refractivity contribution >= 4 is 5.69 Å². The number of halogens is 2. The molecule has 3 nitrogen and oxygen atoms in total. The van der Waals surface area contributed by atoms with Gasteiger partial charge in [0.1, 0.15) is 24.0 Å². The fourth-order valence-electron chi connectivity index (χ4n) is 1.35. The van der Waals surface area contributed by atoms with Crippen LogP contribution in [0.4, 0.5) is 14.5 Å². The summed E-state index contributed by atoms with van der Waals surface area (Å²) in [5, 5.41) is 0. The van der Waals surface area contributed by atoms with Gasteiger partial charge in [0.05, 0.1) is 11.9 Å². The van der Waals surface area contributed by atoms with Gasteiger partial charge >= 0.3 is 0 Å². The minimum atomic E-state index is -0.432. The number of anilines is 1. The summed E-state index contributed by atoms with van der Waals surface area (Å²) in [5.41, 5.74) is 6.34. The van der Waals surface area contributed by atoms with E-state index in [1.807, 2.05) is 0 Å². The third-order valence-corrected chi connectivity index (χ3v) is 2.13. The van der Waals surface area contributed by atoms with E-state index in [9.17, 15) is 8.78 Å². The van der Waals surface area contributed by atoms with Gasteiger partial charge in [-0.15, -0.1) is 0 Å². The predicted molar refractivity (Wildman–Crippen MR) is 59.3 cm³/mol. The molecule has 0 spiro atoms. The van der Waals surface area contributed by atoms with E-state index in [0.29, 0.717) is 11.3 Å². The molecule has 0 aliphatic carbocycles. The van der Waals surface area contributed by atoms with Gasteiger partial charge in [-0.1, -0.05) is 0 Å². The molecule has 0 saturated carbocycles. The van der Waals surface area contributed by atoms with Crippen molar-refractivity contribution in [2.24, 2.45) is 0 Å². The largest absolute Gasteiger partial charge is 0.487 e. The number of hydrogen-bond donors (Lipinski definition) is 1. The molecule has 0 bridgehead atoms. The lowest BCUT2D eigenvalue weighted by molar-refractivity contribution is 0.306. The van der Waals surface area contributed by atoms with Crippen LogP contribution in [0, 0.1) is 11.6 Å². The fourth-order valence-corrected chi connectivity index (χ4v) is 1.35. The van der Waals surface area contributed by atoms with Gasteiger partial charge in [-0.2, -0.15) is 0 Å². The minimum Gasteiger partial charge on any atom is -0.487 e. The van der Waals surface area contributed by atoms with Gasteiger partial charge < -0.3 is 10.5 Å². The Bertz CT molecular complexity index is 532. The Balaban J connectivity index is 2.07. The Labute approximate surface area is 96.9 Å². The molecule has 2 aromatic rings. The van der Waals surface area contributed by atoms with Gasteiger partial charge in [0.15, 0.2) is 0 Å². The number of benzene rings is 1. The summed E-state index contributed by atoms with van der Waals surface area (Å²) in [5.74, 6) is -0.504. The molecule has 0 unspecified atom stereocenters. The summed E-state index contributed by atoms with van der Waals surface area (Å²) in [6.07, 6.45) is 2.60. The van der Waals surface area contributed by atoms with E-state index < -0.39 is 11.6 Å². The standard InChI is InChI=1S/C12H10F2N2O/c13-9-1-2-12(11(15)4-9)17-7-8-3-10(14)6-16-5-8/h1-6H,7,15H2. The van der Waals surface area contributed by atoms with Gasteiger partial charge in [-0.05, 0) is 18.2 Å². The summed E-state index contributed by atoms with van der Waals surface area (Å²) in [6.45, 7) is 0.126. The van der Waals surface area contributed by atoms with Crippen molar-refractivity contribution in [2.75, 3.05) is 5.73 Å². The van der Waals surface area contributed by atoms with Crippen molar-refractivity contribution in [3.05, 3.63) is 53.9 Å². The van der Waals surface area contributed by atoms with Crippen molar-refractivity contribution in [1.82, 2.24) is 4.98 Å². The third-order valence-electron chi connectivity index (χ3n) is 2.13. The second-order valence-electron chi connectivity index (χ2n) is 3.48. The summed E-state index contributed by atoms with van der Waals surface area (Å²) in [4.78, 5) is 3.69. The molecule has 5 heteroatoms. The van der Waals surface area contributed by atoms with Crippen LogP contribution in [0.25, 0.3) is 0 Å². The number of nitrogens with zero attached hydrogens (tertiary/aromatic N) is 1. The maximum absolute atomic E-state index is 12.8. The quantitative estimate of drug-likeness (QED) is 0.833. The van der Waals surface area contributed by atoms with Crippen LogP contribution in [0.1, 0.15) is 5.56 Å². The van der Waals surface area contributed by atoms with Crippen LogP contribution < -0.4 is 10.5 Å². The maximum atomic E-state index is 12.8. The number of ether oxygens (including phenoxy) is 1. The molecule has 17 heavy (non-hydrogen) atoms. The molecule has 0 aliphatic heterocycles. The highest BCUT2D eigenvalue weighted by atomic mass is 19.1. The Kier molecular flexibility index (Phi) is 3.18. The van der Waals surface area contributed by atoms with E-state index >= 15 is 0 Å². The van der Waals surface area contributed by atoms with Crippen molar-refractivity contribution < 1.29 is 13.5 Å². The Morgan fingerprint density at radius 2 is 1.94 bits per heavy atom. The molecule has 0 amide bonds. The average Bonchev–Trinajstić information content (AvgIpc) is 2.28. The lowest BCUT2D eigenvalue weighted by Crippen LogP contribution is -2.00. The minimum absolute atomic E-state index is 0.126. The molecule has 0 atom stereocenters. The predicted octanol–water partition coefficient (Wildman–Crippen LogP) is 2.52. The summed E-state index contributed by atoms with van der Waals surface area (Å²) in [7, 11) is 0. The van der Waals surface area contributed by atoms with E-state index in [0.717, 1.165) is 6.20 Å². The van der Waals surface area contributed by atoms with E-state index in [4.69, 9.17) is 10.5 Å². The first-order valence-electron chi connectivity index (χ1n) is 4.92. The summed E-state index contributed by atoms with van der Waals surface area (Å²) in [6, 6.07) is 5.15. The molecule has 88 valence electrons. The van der Waals surface area contributed by atoms with Gasteiger partial charge in [0.2, 0.25) is 0 Å². The summed E-state index contributed by atoms with van der Waals surface area (Å²) >= 11 is 0. The molecule has 0 aliphatic rings. The fraction of sp³-hybridized carbons (Fsp3) is 0.0833. The SMILES string of the molecule is Nc1cc(F)ccc1OCc1cncc(F)c1. The first kappa shape index (κ1) is 11.3. The zero-order valence-corrected chi connectivity index (χ0v) is 8.86. The molecule has 0 saturated heterocycles. The van der Waals surface area contributed by atoms with E-state index in [-0.39, 0.29) is 12.3 Å². The number of pyridine rings is 1. The monoisotopic (exact) mass is 236 g/mol.